The third-order valence-corrected chi connectivity index (χ3v) is 4.21. The normalized spacial score (nSPS) is 20.3. The number of hydrogen-bond donors (Lipinski definition) is 1. The largest absolute Gasteiger partial charge is 0.497 e. The molecule has 1 unspecified atom stereocenters. The summed E-state index contributed by atoms with van der Waals surface area (Å²) in [5.74, 6) is -0.333. The molecule has 1 heterocycles. The molecular formula is C17H14ClNO3. The number of ether oxygens (including phenoxy) is 1. The molecule has 1 atom stereocenters. The molecule has 0 radical (unpaired) electrons. The van der Waals surface area contributed by atoms with Crippen molar-refractivity contribution in [1.29, 1.82) is 0 Å². The number of carbonyl (C=O) groups is 2. The van der Waals surface area contributed by atoms with Crippen LogP contribution in [-0.2, 0) is 11.2 Å². The SMILES string of the molecule is COc1ccc2c(c1)NC(=O)C(Cl)(Cc1ccccc1)C2=O. The van der Waals surface area contributed by atoms with Gasteiger partial charge in [-0.15, -0.1) is 0 Å². The first-order chi connectivity index (χ1) is 10.5. The summed E-state index contributed by atoms with van der Waals surface area (Å²) in [5, 5.41) is 2.70. The predicted molar refractivity (Wildman–Crippen MR) is 84.7 cm³/mol. The van der Waals surface area contributed by atoms with Crippen molar-refractivity contribution in [3.63, 3.8) is 0 Å². The van der Waals surface area contributed by atoms with Gasteiger partial charge in [0.1, 0.15) is 5.75 Å². The van der Waals surface area contributed by atoms with Crippen molar-refractivity contribution in [2.24, 2.45) is 0 Å². The van der Waals surface area contributed by atoms with E-state index in [-0.39, 0.29) is 12.2 Å². The number of nitrogens with one attached hydrogen (secondary N) is 1. The van der Waals surface area contributed by atoms with Gasteiger partial charge in [-0.25, -0.2) is 0 Å². The molecule has 0 saturated carbocycles. The summed E-state index contributed by atoms with van der Waals surface area (Å²) in [4.78, 5) is 23.5. The van der Waals surface area contributed by atoms with Crippen molar-refractivity contribution in [1.82, 2.24) is 0 Å². The van der Waals surface area contributed by atoms with Crippen molar-refractivity contribution < 1.29 is 14.3 Å². The number of alkyl halides is 1. The van der Waals surface area contributed by atoms with Crippen LogP contribution in [0, 0.1) is 0 Å². The summed E-state index contributed by atoms with van der Waals surface area (Å²) in [6.07, 6.45) is 0.144. The third-order valence-electron chi connectivity index (χ3n) is 3.73. The lowest BCUT2D eigenvalue weighted by atomic mass is 9.86. The Morgan fingerprint density at radius 1 is 1.14 bits per heavy atom. The highest BCUT2D eigenvalue weighted by molar-refractivity contribution is 6.52. The van der Waals surface area contributed by atoms with Gasteiger partial charge in [-0.1, -0.05) is 41.9 Å². The number of Topliss-reactive ketones (excluding diaryl/α,β-unsaturated/α-hetero) is 1. The minimum absolute atomic E-state index is 0.144. The second-order valence-corrected chi connectivity index (χ2v) is 5.80. The van der Waals surface area contributed by atoms with E-state index in [1.165, 1.54) is 7.11 Å². The van der Waals surface area contributed by atoms with E-state index in [0.717, 1.165) is 5.56 Å². The molecule has 2 aromatic carbocycles. The number of ketones is 1. The number of fused-ring (bicyclic) bond motifs is 1. The molecule has 1 N–H and O–H groups in total. The standard InChI is InChI=1S/C17H14ClNO3/c1-22-12-7-8-13-14(9-12)19-16(21)17(18,15(13)20)10-11-5-3-2-4-6-11/h2-9H,10H2,1H3,(H,19,21). The van der Waals surface area contributed by atoms with Crippen LogP contribution < -0.4 is 10.1 Å². The Hall–Kier alpha value is -2.33. The van der Waals surface area contributed by atoms with Gasteiger partial charge in [0.2, 0.25) is 0 Å². The van der Waals surface area contributed by atoms with Crippen molar-refractivity contribution in [2.75, 3.05) is 12.4 Å². The Labute approximate surface area is 133 Å². The molecule has 112 valence electrons. The summed E-state index contributed by atoms with van der Waals surface area (Å²) in [5.41, 5.74) is 1.66. The monoisotopic (exact) mass is 315 g/mol. The number of benzene rings is 2. The van der Waals surface area contributed by atoms with Gasteiger partial charge in [0.15, 0.2) is 10.7 Å². The fourth-order valence-corrected chi connectivity index (χ4v) is 2.83. The van der Waals surface area contributed by atoms with E-state index >= 15 is 0 Å². The molecule has 0 aliphatic carbocycles. The van der Waals surface area contributed by atoms with Crippen molar-refractivity contribution in [2.45, 2.75) is 11.3 Å². The molecule has 1 amide bonds. The number of methoxy groups -OCH3 is 1. The first-order valence-electron chi connectivity index (χ1n) is 6.82. The third kappa shape index (κ3) is 2.35. The van der Waals surface area contributed by atoms with E-state index in [1.807, 2.05) is 30.3 Å². The van der Waals surface area contributed by atoms with Gasteiger partial charge >= 0.3 is 0 Å². The van der Waals surface area contributed by atoms with E-state index in [9.17, 15) is 9.59 Å². The van der Waals surface area contributed by atoms with E-state index in [2.05, 4.69) is 5.32 Å². The minimum atomic E-state index is -1.62. The summed E-state index contributed by atoms with van der Waals surface area (Å²) in [7, 11) is 1.52. The van der Waals surface area contributed by atoms with Gasteiger partial charge in [0.05, 0.1) is 12.8 Å². The fourth-order valence-electron chi connectivity index (χ4n) is 2.53. The van der Waals surface area contributed by atoms with Gasteiger partial charge in [-0.05, 0) is 17.7 Å². The smallest absolute Gasteiger partial charge is 0.253 e. The second kappa shape index (κ2) is 5.46. The lowest BCUT2D eigenvalue weighted by molar-refractivity contribution is -0.117. The van der Waals surface area contributed by atoms with Crippen LogP contribution in [0.15, 0.2) is 48.5 Å². The van der Waals surface area contributed by atoms with Gasteiger partial charge in [0.25, 0.3) is 5.91 Å². The first kappa shape index (κ1) is 14.6. The highest BCUT2D eigenvalue weighted by atomic mass is 35.5. The first-order valence-corrected chi connectivity index (χ1v) is 7.19. The zero-order valence-electron chi connectivity index (χ0n) is 11.9. The van der Waals surface area contributed by atoms with E-state index in [0.29, 0.717) is 17.0 Å². The average molecular weight is 316 g/mol. The number of rotatable bonds is 3. The Balaban J connectivity index is 2.00. The quantitative estimate of drug-likeness (QED) is 0.699. The summed E-state index contributed by atoms with van der Waals surface area (Å²) in [6.45, 7) is 0. The maximum absolute atomic E-state index is 12.7. The van der Waals surface area contributed by atoms with Gasteiger partial charge in [0, 0.05) is 18.1 Å². The highest BCUT2D eigenvalue weighted by Gasteiger charge is 2.48. The van der Waals surface area contributed by atoms with Crippen molar-refractivity contribution in [3.8, 4) is 5.75 Å². The summed E-state index contributed by atoms with van der Waals surface area (Å²) >= 11 is 6.42. The number of carbonyl (C=O) groups excluding carboxylic acids is 2. The second-order valence-electron chi connectivity index (χ2n) is 5.16. The fraction of sp³-hybridized carbons (Fsp3) is 0.176. The molecule has 4 nitrogen and oxygen atoms in total. The van der Waals surface area contributed by atoms with Crippen LogP contribution in [0.5, 0.6) is 5.75 Å². The topological polar surface area (TPSA) is 55.4 Å². The Morgan fingerprint density at radius 2 is 1.86 bits per heavy atom. The van der Waals surface area contributed by atoms with E-state index in [4.69, 9.17) is 16.3 Å². The number of amides is 1. The maximum atomic E-state index is 12.7. The number of hydrogen-bond acceptors (Lipinski definition) is 3. The van der Waals surface area contributed by atoms with E-state index < -0.39 is 10.8 Å². The maximum Gasteiger partial charge on any atom is 0.253 e. The lowest BCUT2D eigenvalue weighted by Crippen LogP contribution is -2.50. The Bertz CT molecular complexity index is 745. The van der Waals surface area contributed by atoms with Crippen LogP contribution in [0.3, 0.4) is 0 Å². The Morgan fingerprint density at radius 3 is 2.55 bits per heavy atom. The summed E-state index contributed by atoms with van der Waals surface area (Å²) in [6, 6.07) is 14.2. The summed E-state index contributed by atoms with van der Waals surface area (Å²) < 4.78 is 5.10. The highest BCUT2D eigenvalue weighted by Crippen LogP contribution is 2.36. The molecule has 0 bridgehead atoms. The van der Waals surface area contributed by atoms with Gasteiger partial charge < -0.3 is 10.1 Å². The molecule has 0 aromatic heterocycles. The molecule has 1 aliphatic rings. The number of anilines is 1. The average Bonchev–Trinajstić information content (AvgIpc) is 2.53. The van der Waals surface area contributed by atoms with Crippen LogP contribution in [0.2, 0.25) is 0 Å². The molecule has 1 aliphatic heterocycles. The minimum Gasteiger partial charge on any atom is -0.497 e. The van der Waals surface area contributed by atoms with Gasteiger partial charge in [-0.2, -0.15) is 0 Å². The van der Waals surface area contributed by atoms with Crippen molar-refractivity contribution >= 4 is 29.0 Å². The number of halogens is 1. The molecule has 22 heavy (non-hydrogen) atoms. The van der Waals surface area contributed by atoms with Crippen molar-refractivity contribution in [3.05, 3.63) is 59.7 Å². The lowest BCUT2D eigenvalue weighted by Gasteiger charge is -2.30. The van der Waals surface area contributed by atoms with E-state index in [1.54, 1.807) is 18.2 Å². The van der Waals surface area contributed by atoms with Crippen LogP contribution in [0.4, 0.5) is 5.69 Å². The molecule has 3 rings (SSSR count). The molecular weight excluding hydrogens is 302 g/mol. The molecule has 0 fully saturated rings. The zero-order chi connectivity index (χ0) is 15.7. The van der Waals surface area contributed by atoms with Crippen LogP contribution in [-0.4, -0.2) is 23.7 Å². The van der Waals surface area contributed by atoms with Crippen LogP contribution >= 0.6 is 11.6 Å². The van der Waals surface area contributed by atoms with Crippen LogP contribution in [0.25, 0.3) is 0 Å². The predicted octanol–water partition coefficient (Wildman–Crippen LogP) is 3.05. The van der Waals surface area contributed by atoms with Gasteiger partial charge in [-0.3, -0.25) is 9.59 Å². The Kier molecular flexibility index (Phi) is 3.62. The molecule has 5 heteroatoms. The molecule has 2 aromatic rings. The molecule has 0 spiro atoms. The molecule has 0 saturated heterocycles. The van der Waals surface area contributed by atoms with Crippen LogP contribution in [0.1, 0.15) is 15.9 Å². The zero-order valence-corrected chi connectivity index (χ0v) is 12.7.